The summed E-state index contributed by atoms with van der Waals surface area (Å²) < 4.78 is 0. The summed E-state index contributed by atoms with van der Waals surface area (Å²) in [6, 6.07) is 13.8. The Morgan fingerprint density at radius 2 is 1.77 bits per heavy atom. The van der Waals surface area contributed by atoms with E-state index in [1.54, 1.807) is 0 Å². The molecule has 3 aliphatic rings. The Labute approximate surface area is 158 Å². The van der Waals surface area contributed by atoms with Gasteiger partial charge in [0, 0.05) is 10.9 Å². The van der Waals surface area contributed by atoms with Crippen LogP contribution < -0.4 is 0 Å². The smallest absolute Gasteiger partial charge is 0.173 e. The minimum Gasteiger partial charge on any atom is -0.298 e. The first-order valence-electron chi connectivity index (χ1n) is 9.24. The fraction of sp³-hybridized carbons (Fsp3) is 0.304. The molecule has 0 saturated heterocycles. The van der Waals surface area contributed by atoms with Crippen molar-refractivity contribution in [3.8, 4) is 11.1 Å². The summed E-state index contributed by atoms with van der Waals surface area (Å²) in [5.41, 5.74) is 4.86. The second-order valence-corrected chi connectivity index (χ2v) is 7.61. The quantitative estimate of drug-likeness (QED) is 0.671. The SMILES string of the molecule is CCc1ccc(-c2ccc(Cl)cc2)cc1C1C(=O)C2=CC[C@@H](CC2)C1=O. The van der Waals surface area contributed by atoms with Gasteiger partial charge < -0.3 is 0 Å². The highest BCUT2D eigenvalue weighted by Crippen LogP contribution is 2.40. The lowest BCUT2D eigenvalue weighted by Crippen LogP contribution is -2.25. The topological polar surface area (TPSA) is 34.1 Å². The third kappa shape index (κ3) is 2.93. The average Bonchev–Trinajstić information content (AvgIpc) is 2.86. The van der Waals surface area contributed by atoms with E-state index in [1.807, 2.05) is 36.4 Å². The Morgan fingerprint density at radius 3 is 2.42 bits per heavy atom. The zero-order valence-electron chi connectivity index (χ0n) is 14.8. The molecule has 2 nitrogen and oxygen atoms in total. The predicted octanol–water partition coefficient (Wildman–Crippen LogP) is 5.53. The van der Waals surface area contributed by atoms with E-state index >= 15 is 0 Å². The molecule has 3 heteroatoms. The van der Waals surface area contributed by atoms with E-state index in [1.165, 1.54) is 0 Å². The number of carbonyl (C=O) groups is 2. The van der Waals surface area contributed by atoms with E-state index in [0.717, 1.165) is 53.5 Å². The van der Waals surface area contributed by atoms with Crippen LogP contribution in [0.2, 0.25) is 5.02 Å². The molecule has 0 radical (unpaired) electrons. The molecule has 2 bridgehead atoms. The fourth-order valence-electron chi connectivity index (χ4n) is 4.17. The molecule has 0 N–H and O–H groups in total. The number of carbonyl (C=O) groups excluding carboxylic acids is 2. The van der Waals surface area contributed by atoms with Crippen LogP contribution in [0.15, 0.2) is 54.1 Å². The molecule has 3 aliphatic carbocycles. The van der Waals surface area contributed by atoms with Crippen LogP contribution in [0.25, 0.3) is 11.1 Å². The number of fused-ring (bicyclic) bond motifs is 4. The van der Waals surface area contributed by atoms with Crippen LogP contribution in [0, 0.1) is 5.92 Å². The molecule has 0 spiro atoms. The van der Waals surface area contributed by atoms with Crippen LogP contribution in [0.4, 0.5) is 0 Å². The van der Waals surface area contributed by atoms with Gasteiger partial charge in [-0.2, -0.15) is 0 Å². The molecule has 0 heterocycles. The van der Waals surface area contributed by atoms with Gasteiger partial charge in [0.1, 0.15) is 5.92 Å². The van der Waals surface area contributed by atoms with Crippen LogP contribution in [0.3, 0.4) is 0 Å². The van der Waals surface area contributed by atoms with Crippen LogP contribution >= 0.6 is 11.6 Å². The highest BCUT2D eigenvalue weighted by molar-refractivity contribution is 6.30. The third-order valence-corrected chi connectivity index (χ3v) is 5.94. The molecule has 0 aromatic heterocycles. The summed E-state index contributed by atoms with van der Waals surface area (Å²) in [7, 11) is 0. The predicted molar refractivity (Wildman–Crippen MR) is 104 cm³/mol. The first-order chi connectivity index (χ1) is 12.6. The maximum Gasteiger partial charge on any atom is 0.173 e. The molecule has 1 fully saturated rings. The first-order valence-corrected chi connectivity index (χ1v) is 9.62. The number of hydrogen-bond acceptors (Lipinski definition) is 2. The van der Waals surface area contributed by atoms with Crippen molar-refractivity contribution in [2.24, 2.45) is 5.92 Å². The number of Topliss-reactive ketones (excluding diaryl/α,β-unsaturated/α-hetero) is 2. The van der Waals surface area contributed by atoms with Crippen molar-refractivity contribution >= 4 is 23.2 Å². The maximum atomic E-state index is 13.1. The minimum absolute atomic E-state index is 0.0120. The first kappa shape index (κ1) is 17.2. The molecule has 1 saturated carbocycles. The molecule has 2 aromatic carbocycles. The molecule has 26 heavy (non-hydrogen) atoms. The highest BCUT2D eigenvalue weighted by Gasteiger charge is 2.41. The third-order valence-electron chi connectivity index (χ3n) is 5.69. The number of halogens is 1. The zero-order chi connectivity index (χ0) is 18.3. The van der Waals surface area contributed by atoms with Crippen molar-refractivity contribution in [3.63, 3.8) is 0 Å². The highest BCUT2D eigenvalue weighted by atomic mass is 35.5. The van der Waals surface area contributed by atoms with Gasteiger partial charge in [-0.05, 0) is 71.7 Å². The van der Waals surface area contributed by atoms with Crippen LogP contribution in [-0.2, 0) is 16.0 Å². The number of ketones is 2. The second kappa shape index (κ2) is 6.85. The van der Waals surface area contributed by atoms with Gasteiger partial charge in [0.15, 0.2) is 11.6 Å². The molecule has 5 rings (SSSR count). The molecule has 132 valence electrons. The Hall–Kier alpha value is -2.19. The molecular weight excluding hydrogens is 344 g/mol. The van der Waals surface area contributed by atoms with E-state index in [2.05, 4.69) is 19.1 Å². The van der Waals surface area contributed by atoms with Crippen molar-refractivity contribution in [3.05, 3.63) is 70.3 Å². The molecule has 0 aliphatic heterocycles. The number of hydrogen-bond donors (Lipinski definition) is 0. The second-order valence-electron chi connectivity index (χ2n) is 7.17. The normalized spacial score (nSPS) is 22.3. The number of benzene rings is 2. The van der Waals surface area contributed by atoms with Gasteiger partial charge in [-0.15, -0.1) is 0 Å². The van der Waals surface area contributed by atoms with Crippen molar-refractivity contribution in [1.29, 1.82) is 0 Å². The summed E-state index contributed by atoms with van der Waals surface area (Å²) in [6.07, 6.45) is 5.06. The standard InChI is InChI=1S/C23H21ClO2/c1-2-14-3-8-18(15-9-11-19(24)12-10-15)13-20(14)21-22(25)16-4-5-17(7-6-16)23(21)26/h3-4,8-13,17,21H,2,5-7H2,1H3/t17-,21?/m0/s1. The van der Waals surface area contributed by atoms with Crippen molar-refractivity contribution in [1.82, 2.24) is 0 Å². The fourth-order valence-corrected chi connectivity index (χ4v) is 4.29. The molecule has 1 unspecified atom stereocenters. The van der Waals surface area contributed by atoms with E-state index in [0.29, 0.717) is 5.02 Å². The van der Waals surface area contributed by atoms with Gasteiger partial charge in [0.05, 0.1) is 0 Å². The lowest BCUT2D eigenvalue weighted by Gasteiger charge is -2.19. The minimum atomic E-state index is -0.640. The van der Waals surface area contributed by atoms with Crippen molar-refractivity contribution in [2.45, 2.75) is 38.5 Å². The average molecular weight is 365 g/mol. The van der Waals surface area contributed by atoms with E-state index in [9.17, 15) is 9.59 Å². The largest absolute Gasteiger partial charge is 0.298 e. The molecule has 0 amide bonds. The Balaban J connectivity index is 1.83. The van der Waals surface area contributed by atoms with Gasteiger partial charge in [-0.3, -0.25) is 9.59 Å². The van der Waals surface area contributed by atoms with Crippen LogP contribution in [0.5, 0.6) is 0 Å². The van der Waals surface area contributed by atoms with E-state index < -0.39 is 5.92 Å². The van der Waals surface area contributed by atoms with Gasteiger partial charge >= 0.3 is 0 Å². The Morgan fingerprint density at radius 1 is 1.04 bits per heavy atom. The molecular formula is C23H21ClO2. The summed E-state index contributed by atoms with van der Waals surface area (Å²) in [5.74, 6) is -0.544. The zero-order valence-corrected chi connectivity index (χ0v) is 15.6. The van der Waals surface area contributed by atoms with Gasteiger partial charge in [-0.1, -0.05) is 48.9 Å². The molecule has 2 atom stereocenters. The summed E-state index contributed by atoms with van der Waals surface area (Å²) in [6.45, 7) is 2.07. The number of aryl methyl sites for hydroxylation is 1. The lowest BCUT2D eigenvalue weighted by molar-refractivity contribution is -0.128. The monoisotopic (exact) mass is 364 g/mol. The number of allylic oxidation sites excluding steroid dienone is 2. The number of rotatable bonds is 3. The van der Waals surface area contributed by atoms with Gasteiger partial charge in [-0.25, -0.2) is 0 Å². The van der Waals surface area contributed by atoms with E-state index in [4.69, 9.17) is 11.6 Å². The van der Waals surface area contributed by atoms with Crippen molar-refractivity contribution in [2.75, 3.05) is 0 Å². The van der Waals surface area contributed by atoms with E-state index in [-0.39, 0.29) is 17.5 Å². The summed E-state index contributed by atoms with van der Waals surface area (Å²) in [5, 5.41) is 0.691. The molecule has 2 aromatic rings. The van der Waals surface area contributed by atoms with Crippen LogP contribution in [-0.4, -0.2) is 11.6 Å². The van der Waals surface area contributed by atoms with Crippen molar-refractivity contribution < 1.29 is 9.59 Å². The lowest BCUT2D eigenvalue weighted by atomic mass is 9.82. The Kier molecular flexibility index (Phi) is 4.54. The summed E-state index contributed by atoms with van der Waals surface area (Å²) >= 11 is 6.00. The van der Waals surface area contributed by atoms with Gasteiger partial charge in [0.25, 0.3) is 0 Å². The maximum absolute atomic E-state index is 13.1. The van der Waals surface area contributed by atoms with Crippen LogP contribution in [0.1, 0.15) is 43.2 Å². The van der Waals surface area contributed by atoms with Gasteiger partial charge in [0.2, 0.25) is 0 Å². The summed E-state index contributed by atoms with van der Waals surface area (Å²) in [4.78, 5) is 26.2. The Bertz CT molecular complexity index is 908.